The van der Waals surface area contributed by atoms with Gasteiger partial charge in [-0.15, -0.1) is 0 Å². The molecule has 1 heterocycles. The number of hydrogen-bond donors (Lipinski definition) is 1. The molecule has 3 rings (SSSR count). The van der Waals surface area contributed by atoms with Gasteiger partial charge in [-0.1, -0.05) is 36.4 Å². The summed E-state index contributed by atoms with van der Waals surface area (Å²) in [5, 5.41) is 1.11. The average Bonchev–Trinajstić information content (AvgIpc) is 2.92. The van der Waals surface area contributed by atoms with Gasteiger partial charge < -0.3 is 15.1 Å². The Morgan fingerprint density at radius 1 is 1.05 bits per heavy atom. The van der Waals surface area contributed by atoms with Crippen molar-refractivity contribution in [1.82, 2.24) is 0 Å². The van der Waals surface area contributed by atoms with Gasteiger partial charge in [0.2, 0.25) is 0 Å². The maximum Gasteiger partial charge on any atom is 0.134 e. The standard InChI is InChI=1S/C17H18N2O/c1-19(14-8-3-2-4-9-14)15(12-18)17-11-13-7-5-6-10-16(13)20-17/h2-11,15H,12,18H2,1H3. The highest BCUT2D eigenvalue weighted by Gasteiger charge is 2.19. The van der Waals surface area contributed by atoms with Crippen molar-refractivity contribution in [1.29, 1.82) is 0 Å². The first kappa shape index (κ1) is 12.8. The third-order valence-corrected chi connectivity index (χ3v) is 3.63. The number of rotatable bonds is 4. The van der Waals surface area contributed by atoms with Crippen molar-refractivity contribution in [3.8, 4) is 0 Å². The van der Waals surface area contributed by atoms with Crippen LogP contribution in [0.3, 0.4) is 0 Å². The fourth-order valence-corrected chi connectivity index (χ4v) is 2.47. The van der Waals surface area contributed by atoms with Gasteiger partial charge in [-0.25, -0.2) is 0 Å². The number of para-hydroxylation sites is 2. The molecule has 3 heteroatoms. The molecule has 0 fully saturated rings. The van der Waals surface area contributed by atoms with Crippen LogP contribution in [0, 0.1) is 0 Å². The molecule has 0 amide bonds. The van der Waals surface area contributed by atoms with E-state index in [2.05, 4.69) is 29.2 Å². The van der Waals surface area contributed by atoms with E-state index < -0.39 is 0 Å². The maximum absolute atomic E-state index is 5.96. The number of furan rings is 1. The predicted molar refractivity (Wildman–Crippen MR) is 82.9 cm³/mol. The highest BCUT2D eigenvalue weighted by Crippen LogP contribution is 2.29. The number of benzene rings is 2. The third-order valence-electron chi connectivity index (χ3n) is 3.63. The van der Waals surface area contributed by atoms with Crippen molar-refractivity contribution in [2.45, 2.75) is 6.04 Å². The van der Waals surface area contributed by atoms with Gasteiger partial charge in [0, 0.05) is 24.7 Å². The summed E-state index contributed by atoms with van der Waals surface area (Å²) in [6.07, 6.45) is 0. The molecule has 0 saturated heterocycles. The first-order valence-electron chi connectivity index (χ1n) is 6.76. The number of fused-ring (bicyclic) bond motifs is 1. The quantitative estimate of drug-likeness (QED) is 0.785. The van der Waals surface area contributed by atoms with Crippen molar-refractivity contribution in [2.24, 2.45) is 5.73 Å². The van der Waals surface area contributed by atoms with E-state index in [0.717, 1.165) is 22.4 Å². The molecule has 0 saturated carbocycles. The van der Waals surface area contributed by atoms with Gasteiger partial charge in [0.1, 0.15) is 11.3 Å². The second-order valence-electron chi connectivity index (χ2n) is 4.88. The zero-order valence-corrected chi connectivity index (χ0v) is 11.5. The minimum Gasteiger partial charge on any atom is -0.459 e. The minimum atomic E-state index is 0.0322. The summed E-state index contributed by atoms with van der Waals surface area (Å²) in [6.45, 7) is 0.505. The summed E-state index contributed by atoms with van der Waals surface area (Å²) in [6, 6.07) is 20.3. The van der Waals surface area contributed by atoms with Crippen LogP contribution in [-0.4, -0.2) is 13.6 Å². The molecule has 3 nitrogen and oxygen atoms in total. The van der Waals surface area contributed by atoms with E-state index in [4.69, 9.17) is 10.2 Å². The van der Waals surface area contributed by atoms with Crippen LogP contribution in [-0.2, 0) is 0 Å². The minimum absolute atomic E-state index is 0.0322. The SMILES string of the molecule is CN(c1ccccc1)C(CN)c1cc2ccccc2o1. The second kappa shape index (κ2) is 5.39. The van der Waals surface area contributed by atoms with Crippen LogP contribution < -0.4 is 10.6 Å². The summed E-state index contributed by atoms with van der Waals surface area (Å²) in [4.78, 5) is 2.15. The Balaban J connectivity index is 1.97. The molecule has 1 unspecified atom stereocenters. The number of anilines is 1. The fourth-order valence-electron chi connectivity index (χ4n) is 2.47. The lowest BCUT2D eigenvalue weighted by molar-refractivity contribution is 0.488. The Morgan fingerprint density at radius 2 is 1.75 bits per heavy atom. The zero-order valence-electron chi connectivity index (χ0n) is 11.5. The molecule has 0 aliphatic rings. The largest absolute Gasteiger partial charge is 0.459 e. The van der Waals surface area contributed by atoms with Crippen LogP contribution in [0.2, 0.25) is 0 Å². The lowest BCUT2D eigenvalue weighted by atomic mass is 10.1. The molecule has 0 bridgehead atoms. The molecule has 0 aliphatic carbocycles. The van der Waals surface area contributed by atoms with E-state index in [1.807, 2.05) is 43.4 Å². The Hall–Kier alpha value is -2.26. The summed E-state index contributed by atoms with van der Waals surface area (Å²) in [5.41, 5.74) is 8.00. The first-order valence-corrected chi connectivity index (χ1v) is 6.76. The van der Waals surface area contributed by atoms with E-state index in [1.54, 1.807) is 0 Å². The molecule has 2 aromatic carbocycles. The van der Waals surface area contributed by atoms with Crippen LogP contribution in [0.1, 0.15) is 11.8 Å². The van der Waals surface area contributed by atoms with Crippen molar-refractivity contribution < 1.29 is 4.42 Å². The fraction of sp³-hybridized carbons (Fsp3) is 0.176. The van der Waals surface area contributed by atoms with Gasteiger partial charge in [-0.2, -0.15) is 0 Å². The predicted octanol–water partition coefficient (Wildman–Crippen LogP) is 3.57. The number of nitrogens with two attached hydrogens (primary N) is 1. The molecular formula is C17H18N2O. The monoisotopic (exact) mass is 266 g/mol. The Bertz CT molecular complexity index is 657. The van der Waals surface area contributed by atoms with Crippen LogP contribution >= 0.6 is 0 Å². The lowest BCUT2D eigenvalue weighted by Crippen LogP contribution is -2.30. The van der Waals surface area contributed by atoms with Gasteiger partial charge in [0.05, 0.1) is 6.04 Å². The molecule has 0 radical (unpaired) electrons. The summed E-state index contributed by atoms with van der Waals surface area (Å²) < 4.78 is 5.94. The Labute approximate surface area is 118 Å². The van der Waals surface area contributed by atoms with E-state index >= 15 is 0 Å². The Morgan fingerprint density at radius 3 is 2.45 bits per heavy atom. The van der Waals surface area contributed by atoms with Crippen molar-refractivity contribution in [2.75, 3.05) is 18.5 Å². The lowest BCUT2D eigenvalue weighted by Gasteiger charge is -2.27. The summed E-state index contributed by atoms with van der Waals surface area (Å²) in [5.74, 6) is 0.903. The number of hydrogen-bond acceptors (Lipinski definition) is 3. The van der Waals surface area contributed by atoms with Gasteiger partial charge in [0.15, 0.2) is 0 Å². The smallest absolute Gasteiger partial charge is 0.134 e. The van der Waals surface area contributed by atoms with Crippen molar-refractivity contribution in [3.63, 3.8) is 0 Å². The first-order chi connectivity index (χ1) is 9.79. The molecule has 0 aliphatic heterocycles. The van der Waals surface area contributed by atoms with E-state index in [0.29, 0.717) is 6.54 Å². The van der Waals surface area contributed by atoms with Crippen LogP contribution in [0.25, 0.3) is 11.0 Å². The van der Waals surface area contributed by atoms with Crippen molar-refractivity contribution in [3.05, 3.63) is 66.4 Å². The number of nitrogens with zero attached hydrogens (tertiary/aromatic N) is 1. The molecule has 3 aromatic rings. The van der Waals surface area contributed by atoms with Gasteiger partial charge in [-0.3, -0.25) is 0 Å². The average molecular weight is 266 g/mol. The normalized spacial score (nSPS) is 12.5. The van der Waals surface area contributed by atoms with E-state index in [1.165, 1.54) is 0 Å². The molecular weight excluding hydrogens is 248 g/mol. The molecule has 0 spiro atoms. The number of likely N-dealkylation sites (N-methyl/N-ethyl adjacent to an activating group) is 1. The molecule has 102 valence electrons. The van der Waals surface area contributed by atoms with Crippen molar-refractivity contribution >= 4 is 16.7 Å². The summed E-state index contributed by atoms with van der Waals surface area (Å²) >= 11 is 0. The molecule has 20 heavy (non-hydrogen) atoms. The van der Waals surface area contributed by atoms with Gasteiger partial charge in [-0.05, 0) is 24.3 Å². The topological polar surface area (TPSA) is 42.4 Å². The van der Waals surface area contributed by atoms with Gasteiger partial charge >= 0.3 is 0 Å². The third kappa shape index (κ3) is 2.28. The molecule has 2 N–H and O–H groups in total. The highest BCUT2D eigenvalue weighted by atomic mass is 16.3. The van der Waals surface area contributed by atoms with Gasteiger partial charge in [0.25, 0.3) is 0 Å². The summed E-state index contributed by atoms with van der Waals surface area (Å²) in [7, 11) is 2.04. The van der Waals surface area contributed by atoms with Crippen LogP contribution in [0.15, 0.2) is 65.1 Å². The van der Waals surface area contributed by atoms with E-state index in [-0.39, 0.29) is 6.04 Å². The van der Waals surface area contributed by atoms with Crippen LogP contribution in [0.4, 0.5) is 5.69 Å². The maximum atomic E-state index is 5.96. The molecule has 1 aromatic heterocycles. The van der Waals surface area contributed by atoms with Crippen LogP contribution in [0.5, 0.6) is 0 Å². The highest BCUT2D eigenvalue weighted by molar-refractivity contribution is 5.78. The Kier molecular flexibility index (Phi) is 3.44. The van der Waals surface area contributed by atoms with E-state index in [9.17, 15) is 0 Å². The zero-order chi connectivity index (χ0) is 13.9. The second-order valence-corrected chi connectivity index (χ2v) is 4.88. The molecule has 1 atom stereocenters.